The Morgan fingerprint density at radius 2 is 2.10 bits per heavy atom. The summed E-state index contributed by atoms with van der Waals surface area (Å²) in [6, 6.07) is 6.58. The molecule has 2 rings (SSSR count). The van der Waals surface area contributed by atoms with Crippen LogP contribution in [0.2, 0.25) is 0 Å². The Hall–Kier alpha value is -1.11. The van der Waals surface area contributed by atoms with Gasteiger partial charge in [-0.2, -0.15) is 4.31 Å². The van der Waals surface area contributed by atoms with Gasteiger partial charge in [0.25, 0.3) is 0 Å². The molecule has 0 spiro atoms. The van der Waals surface area contributed by atoms with Crippen molar-refractivity contribution in [2.45, 2.75) is 30.7 Å². The standard InChI is InChI=1S/C14H22N2O3S/c1-11-7-8-16(12(9-11)10-15)20(17,18)14-6-4-3-5-13(14)19-2/h3-6,11-12H,7-10,15H2,1-2H3. The van der Waals surface area contributed by atoms with Gasteiger partial charge in [0.05, 0.1) is 7.11 Å². The Kier molecular flexibility index (Phi) is 4.67. The molecule has 112 valence electrons. The van der Waals surface area contributed by atoms with E-state index in [1.54, 1.807) is 24.3 Å². The SMILES string of the molecule is COc1ccccc1S(=O)(=O)N1CCC(C)CC1CN. The van der Waals surface area contributed by atoms with Gasteiger partial charge < -0.3 is 10.5 Å². The van der Waals surface area contributed by atoms with Crippen LogP contribution in [-0.2, 0) is 10.0 Å². The molecule has 2 unspecified atom stereocenters. The maximum Gasteiger partial charge on any atom is 0.247 e. The van der Waals surface area contributed by atoms with Crippen molar-refractivity contribution in [3.05, 3.63) is 24.3 Å². The smallest absolute Gasteiger partial charge is 0.247 e. The summed E-state index contributed by atoms with van der Waals surface area (Å²) in [4.78, 5) is 0.218. The van der Waals surface area contributed by atoms with Crippen LogP contribution in [0.15, 0.2) is 29.2 Å². The van der Waals surface area contributed by atoms with Crippen LogP contribution in [0.1, 0.15) is 19.8 Å². The van der Waals surface area contributed by atoms with Crippen molar-refractivity contribution in [1.29, 1.82) is 0 Å². The molecular weight excluding hydrogens is 276 g/mol. The number of methoxy groups -OCH3 is 1. The minimum atomic E-state index is -3.56. The van der Waals surface area contributed by atoms with Gasteiger partial charge in [-0.1, -0.05) is 19.1 Å². The van der Waals surface area contributed by atoms with Crippen molar-refractivity contribution in [1.82, 2.24) is 4.31 Å². The number of ether oxygens (including phenoxy) is 1. The van der Waals surface area contributed by atoms with Crippen LogP contribution in [0.4, 0.5) is 0 Å². The van der Waals surface area contributed by atoms with E-state index in [0.29, 0.717) is 24.8 Å². The zero-order valence-corrected chi connectivity index (χ0v) is 12.8. The molecule has 6 heteroatoms. The van der Waals surface area contributed by atoms with E-state index in [0.717, 1.165) is 12.8 Å². The highest BCUT2D eigenvalue weighted by Crippen LogP contribution is 2.31. The van der Waals surface area contributed by atoms with Crippen molar-refractivity contribution < 1.29 is 13.2 Å². The summed E-state index contributed by atoms with van der Waals surface area (Å²) in [6.07, 6.45) is 1.68. The van der Waals surface area contributed by atoms with E-state index in [4.69, 9.17) is 10.5 Å². The molecule has 0 bridgehead atoms. The molecule has 1 aliphatic heterocycles. The molecule has 2 N–H and O–H groups in total. The summed E-state index contributed by atoms with van der Waals surface area (Å²) in [5.74, 6) is 0.884. The van der Waals surface area contributed by atoms with Gasteiger partial charge in [0.2, 0.25) is 10.0 Å². The van der Waals surface area contributed by atoms with Crippen LogP contribution in [0.25, 0.3) is 0 Å². The molecule has 1 saturated heterocycles. The second-order valence-electron chi connectivity index (χ2n) is 5.29. The second-order valence-corrected chi connectivity index (χ2v) is 7.14. The average Bonchev–Trinajstić information content (AvgIpc) is 2.46. The van der Waals surface area contributed by atoms with Crippen LogP contribution >= 0.6 is 0 Å². The van der Waals surface area contributed by atoms with Crippen molar-refractivity contribution in [2.24, 2.45) is 11.7 Å². The van der Waals surface area contributed by atoms with Gasteiger partial charge in [-0.15, -0.1) is 0 Å². The highest BCUT2D eigenvalue weighted by atomic mass is 32.2. The molecule has 0 saturated carbocycles. The normalized spacial score (nSPS) is 24.6. The number of rotatable bonds is 4. The second kappa shape index (κ2) is 6.11. The van der Waals surface area contributed by atoms with Crippen LogP contribution in [0, 0.1) is 5.92 Å². The first-order chi connectivity index (χ1) is 9.50. The molecule has 0 amide bonds. The highest BCUT2D eigenvalue weighted by Gasteiger charge is 2.36. The number of nitrogens with two attached hydrogens (primary N) is 1. The Morgan fingerprint density at radius 3 is 2.75 bits per heavy atom. The summed E-state index contributed by atoms with van der Waals surface area (Å²) >= 11 is 0. The van der Waals surface area contributed by atoms with E-state index < -0.39 is 10.0 Å². The third-order valence-electron chi connectivity index (χ3n) is 3.85. The van der Waals surface area contributed by atoms with E-state index >= 15 is 0 Å². The molecule has 1 aromatic rings. The molecule has 20 heavy (non-hydrogen) atoms. The summed E-state index contributed by atoms with van der Waals surface area (Å²) < 4.78 is 32.4. The molecule has 0 radical (unpaired) electrons. The minimum Gasteiger partial charge on any atom is -0.495 e. The molecule has 1 aliphatic rings. The zero-order valence-electron chi connectivity index (χ0n) is 12.0. The molecule has 1 heterocycles. The predicted molar refractivity (Wildman–Crippen MR) is 78.1 cm³/mol. The average molecular weight is 298 g/mol. The molecule has 5 nitrogen and oxygen atoms in total. The number of nitrogens with zero attached hydrogens (tertiary/aromatic N) is 1. The van der Waals surface area contributed by atoms with Crippen LogP contribution in [0.3, 0.4) is 0 Å². The summed E-state index contributed by atoms with van der Waals surface area (Å²) in [7, 11) is -2.08. The lowest BCUT2D eigenvalue weighted by Crippen LogP contribution is -2.49. The maximum atomic E-state index is 12.8. The number of para-hydroxylation sites is 1. The Balaban J connectivity index is 2.38. The number of piperidine rings is 1. The zero-order chi connectivity index (χ0) is 14.8. The summed E-state index contributed by atoms with van der Waals surface area (Å²) in [5, 5.41) is 0. The Labute approximate surface area is 120 Å². The fourth-order valence-corrected chi connectivity index (χ4v) is 4.54. The van der Waals surface area contributed by atoms with Crippen LogP contribution in [0.5, 0.6) is 5.75 Å². The largest absolute Gasteiger partial charge is 0.495 e. The monoisotopic (exact) mass is 298 g/mol. The Morgan fingerprint density at radius 1 is 1.40 bits per heavy atom. The number of hydrogen-bond donors (Lipinski definition) is 1. The third kappa shape index (κ3) is 2.82. The first kappa shape index (κ1) is 15.3. The third-order valence-corrected chi connectivity index (χ3v) is 5.84. The molecule has 1 aromatic carbocycles. The first-order valence-electron chi connectivity index (χ1n) is 6.85. The first-order valence-corrected chi connectivity index (χ1v) is 8.29. The summed E-state index contributed by atoms with van der Waals surface area (Å²) in [6.45, 7) is 3.00. The number of hydrogen-bond acceptors (Lipinski definition) is 4. The van der Waals surface area contributed by atoms with Gasteiger partial charge in [0.15, 0.2) is 0 Å². The maximum absolute atomic E-state index is 12.8. The lowest BCUT2D eigenvalue weighted by atomic mass is 9.94. The van der Waals surface area contributed by atoms with E-state index in [1.165, 1.54) is 11.4 Å². The topological polar surface area (TPSA) is 72.6 Å². The van der Waals surface area contributed by atoms with E-state index in [9.17, 15) is 8.42 Å². The van der Waals surface area contributed by atoms with Crippen molar-refractivity contribution in [3.63, 3.8) is 0 Å². The van der Waals surface area contributed by atoms with Crippen molar-refractivity contribution >= 4 is 10.0 Å². The number of sulfonamides is 1. The Bertz CT molecular complexity index is 559. The van der Waals surface area contributed by atoms with Crippen LogP contribution in [-0.4, -0.2) is 39.0 Å². The minimum absolute atomic E-state index is 0.131. The highest BCUT2D eigenvalue weighted by molar-refractivity contribution is 7.89. The predicted octanol–water partition coefficient (Wildman–Crippen LogP) is 1.44. The van der Waals surface area contributed by atoms with Gasteiger partial charge in [-0.3, -0.25) is 0 Å². The summed E-state index contributed by atoms with van der Waals surface area (Å²) in [5.41, 5.74) is 5.76. The van der Waals surface area contributed by atoms with E-state index in [1.807, 2.05) is 0 Å². The van der Waals surface area contributed by atoms with Gasteiger partial charge in [0, 0.05) is 19.1 Å². The van der Waals surface area contributed by atoms with E-state index in [-0.39, 0.29) is 10.9 Å². The lowest BCUT2D eigenvalue weighted by molar-refractivity contribution is 0.210. The molecule has 1 fully saturated rings. The van der Waals surface area contributed by atoms with Gasteiger partial charge in [-0.25, -0.2) is 8.42 Å². The van der Waals surface area contributed by atoms with Gasteiger partial charge in [0.1, 0.15) is 10.6 Å². The molecule has 0 aromatic heterocycles. The lowest BCUT2D eigenvalue weighted by Gasteiger charge is -2.37. The van der Waals surface area contributed by atoms with Crippen molar-refractivity contribution in [3.8, 4) is 5.75 Å². The quantitative estimate of drug-likeness (QED) is 0.913. The van der Waals surface area contributed by atoms with E-state index in [2.05, 4.69) is 6.92 Å². The number of benzene rings is 1. The van der Waals surface area contributed by atoms with Crippen LogP contribution < -0.4 is 10.5 Å². The van der Waals surface area contributed by atoms with Gasteiger partial charge >= 0.3 is 0 Å². The molecule has 2 atom stereocenters. The fourth-order valence-electron chi connectivity index (χ4n) is 2.72. The van der Waals surface area contributed by atoms with Crippen molar-refractivity contribution in [2.75, 3.05) is 20.2 Å². The van der Waals surface area contributed by atoms with Gasteiger partial charge in [-0.05, 0) is 30.9 Å². The fraction of sp³-hybridized carbons (Fsp3) is 0.571. The molecular formula is C14H22N2O3S. The molecule has 0 aliphatic carbocycles.